The van der Waals surface area contributed by atoms with Crippen LogP contribution in [0.5, 0.6) is 5.75 Å². The van der Waals surface area contributed by atoms with Crippen molar-refractivity contribution in [3.63, 3.8) is 0 Å². The number of hydrogen-bond donors (Lipinski definition) is 1. The van der Waals surface area contributed by atoms with Crippen LogP contribution in [-0.4, -0.2) is 59.9 Å². The van der Waals surface area contributed by atoms with Gasteiger partial charge < -0.3 is 19.6 Å². The molecule has 1 amide bonds. The number of nitrogens with zero attached hydrogens (tertiary/aromatic N) is 2. The highest BCUT2D eigenvalue weighted by atomic mass is 16.5. The van der Waals surface area contributed by atoms with Crippen LogP contribution in [0.4, 0.5) is 0 Å². The van der Waals surface area contributed by atoms with Crippen molar-refractivity contribution in [3.8, 4) is 5.75 Å². The van der Waals surface area contributed by atoms with Gasteiger partial charge in [-0.05, 0) is 42.9 Å². The monoisotopic (exact) mass is 408 g/mol. The maximum atomic E-state index is 13.0. The Bertz CT molecular complexity index is 918. The Morgan fingerprint density at radius 1 is 1.03 bits per heavy atom. The Kier molecular flexibility index (Phi) is 6.90. The summed E-state index contributed by atoms with van der Waals surface area (Å²) in [6, 6.07) is 15.5. The Hall–Kier alpha value is -3.12. The zero-order valence-corrected chi connectivity index (χ0v) is 17.7. The van der Waals surface area contributed by atoms with Gasteiger partial charge in [-0.2, -0.15) is 0 Å². The topological polar surface area (TPSA) is 70.1 Å². The molecular formula is C24H28N2O4. The van der Waals surface area contributed by atoms with E-state index in [1.807, 2.05) is 30.3 Å². The molecule has 0 aliphatic carbocycles. The molecule has 158 valence electrons. The average Bonchev–Trinajstić information content (AvgIpc) is 3.05. The van der Waals surface area contributed by atoms with Gasteiger partial charge in [-0.25, -0.2) is 0 Å². The highest BCUT2D eigenvalue weighted by molar-refractivity contribution is 6.46. The smallest absolute Gasteiger partial charge is 0.295 e. The van der Waals surface area contributed by atoms with Gasteiger partial charge in [-0.15, -0.1) is 0 Å². The predicted octanol–water partition coefficient (Wildman–Crippen LogP) is 3.46. The molecule has 0 bridgehead atoms. The van der Waals surface area contributed by atoms with Crippen molar-refractivity contribution >= 4 is 17.4 Å². The van der Waals surface area contributed by atoms with Crippen LogP contribution in [-0.2, 0) is 9.59 Å². The molecular weight excluding hydrogens is 380 g/mol. The number of carbonyl (C=O) groups is 2. The summed E-state index contributed by atoms with van der Waals surface area (Å²) >= 11 is 0. The number of ketones is 1. The SMILES string of the molecule is CCN(CC)CCN1C(=O)C(=O)/C(=C(\O)c2ccc(OC)cc2)C1c1ccccc1. The number of aliphatic hydroxyl groups excluding tert-OH is 1. The highest BCUT2D eigenvalue weighted by Crippen LogP contribution is 2.39. The molecule has 1 fully saturated rings. The molecule has 2 aromatic rings. The van der Waals surface area contributed by atoms with E-state index in [1.54, 1.807) is 36.3 Å². The predicted molar refractivity (Wildman–Crippen MR) is 116 cm³/mol. The van der Waals surface area contributed by atoms with Crippen LogP contribution in [0.15, 0.2) is 60.2 Å². The molecule has 1 N–H and O–H groups in total. The molecule has 0 spiro atoms. The summed E-state index contributed by atoms with van der Waals surface area (Å²) in [7, 11) is 1.56. The van der Waals surface area contributed by atoms with E-state index in [-0.39, 0.29) is 11.3 Å². The zero-order chi connectivity index (χ0) is 21.7. The lowest BCUT2D eigenvalue weighted by atomic mass is 9.95. The van der Waals surface area contributed by atoms with E-state index in [1.165, 1.54) is 0 Å². The van der Waals surface area contributed by atoms with Gasteiger partial charge in [0.1, 0.15) is 11.5 Å². The van der Waals surface area contributed by atoms with E-state index in [4.69, 9.17) is 4.74 Å². The van der Waals surface area contributed by atoms with Crippen LogP contribution in [0.2, 0.25) is 0 Å². The van der Waals surface area contributed by atoms with Crippen molar-refractivity contribution < 1.29 is 19.4 Å². The van der Waals surface area contributed by atoms with Crippen molar-refractivity contribution in [3.05, 3.63) is 71.3 Å². The number of amides is 1. The molecule has 6 nitrogen and oxygen atoms in total. The summed E-state index contributed by atoms with van der Waals surface area (Å²) in [6.07, 6.45) is 0. The molecule has 1 aliphatic heterocycles. The lowest BCUT2D eigenvalue weighted by molar-refractivity contribution is -0.140. The maximum Gasteiger partial charge on any atom is 0.295 e. The first-order valence-electron chi connectivity index (χ1n) is 10.2. The number of hydrogen-bond acceptors (Lipinski definition) is 5. The van der Waals surface area contributed by atoms with E-state index in [2.05, 4.69) is 18.7 Å². The van der Waals surface area contributed by atoms with Crippen molar-refractivity contribution in [1.29, 1.82) is 0 Å². The summed E-state index contributed by atoms with van der Waals surface area (Å²) in [5, 5.41) is 11.0. The lowest BCUT2D eigenvalue weighted by Gasteiger charge is -2.28. The fraction of sp³-hybridized carbons (Fsp3) is 0.333. The molecule has 3 rings (SSSR count). The molecule has 1 aliphatic rings. The summed E-state index contributed by atoms with van der Waals surface area (Å²) in [5.74, 6) is -0.760. The fourth-order valence-corrected chi connectivity index (χ4v) is 3.79. The molecule has 6 heteroatoms. The minimum Gasteiger partial charge on any atom is -0.507 e. The lowest BCUT2D eigenvalue weighted by Crippen LogP contribution is -2.38. The van der Waals surface area contributed by atoms with Crippen LogP contribution < -0.4 is 4.74 Å². The second-order valence-corrected chi connectivity index (χ2v) is 7.16. The van der Waals surface area contributed by atoms with Crippen LogP contribution in [0.1, 0.15) is 31.0 Å². The minimum absolute atomic E-state index is 0.121. The van der Waals surface area contributed by atoms with E-state index < -0.39 is 17.7 Å². The van der Waals surface area contributed by atoms with Crippen LogP contribution in [0.3, 0.4) is 0 Å². The standard InChI is InChI=1S/C24H28N2O4/c1-4-25(5-2)15-16-26-21(17-9-7-6-8-10-17)20(23(28)24(26)29)22(27)18-11-13-19(30-3)14-12-18/h6-14,21,27H,4-5,15-16H2,1-3H3/b22-20-. The summed E-state index contributed by atoms with van der Waals surface area (Å²) in [5.41, 5.74) is 1.39. The normalized spacial score (nSPS) is 18.3. The van der Waals surface area contributed by atoms with E-state index >= 15 is 0 Å². The molecule has 1 unspecified atom stereocenters. The summed E-state index contributed by atoms with van der Waals surface area (Å²) < 4.78 is 5.16. The maximum absolute atomic E-state index is 13.0. The summed E-state index contributed by atoms with van der Waals surface area (Å²) in [6.45, 7) is 6.92. The van der Waals surface area contributed by atoms with Crippen molar-refractivity contribution in [1.82, 2.24) is 9.80 Å². The number of methoxy groups -OCH3 is 1. The number of aliphatic hydroxyl groups is 1. The van der Waals surface area contributed by atoms with E-state index in [0.29, 0.717) is 24.4 Å². The molecule has 2 aromatic carbocycles. The Morgan fingerprint density at radius 2 is 1.67 bits per heavy atom. The molecule has 30 heavy (non-hydrogen) atoms. The largest absolute Gasteiger partial charge is 0.507 e. The van der Waals surface area contributed by atoms with Gasteiger partial charge in [0.15, 0.2) is 0 Å². The van der Waals surface area contributed by atoms with Gasteiger partial charge >= 0.3 is 0 Å². The second kappa shape index (κ2) is 9.59. The van der Waals surface area contributed by atoms with Gasteiger partial charge in [0, 0.05) is 18.7 Å². The Balaban J connectivity index is 2.05. The molecule has 1 saturated heterocycles. The second-order valence-electron chi connectivity index (χ2n) is 7.16. The quantitative estimate of drug-likeness (QED) is 0.412. The fourth-order valence-electron chi connectivity index (χ4n) is 3.79. The first-order chi connectivity index (χ1) is 14.5. The van der Waals surface area contributed by atoms with Crippen LogP contribution >= 0.6 is 0 Å². The first-order valence-corrected chi connectivity index (χ1v) is 10.2. The third-order valence-electron chi connectivity index (χ3n) is 5.57. The van der Waals surface area contributed by atoms with Gasteiger partial charge in [0.2, 0.25) is 0 Å². The van der Waals surface area contributed by atoms with Crippen molar-refractivity contribution in [2.75, 3.05) is 33.3 Å². The van der Waals surface area contributed by atoms with Gasteiger partial charge in [-0.1, -0.05) is 44.2 Å². The highest BCUT2D eigenvalue weighted by Gasteiger charge is 2.45. The number of Topliss-reactive ketones (excluding diaryl/α,β-unsaturated/α-hetero) is 1. The van der Waals surface area contributed by atoms with E-state index in [9.17, 15) is 14.7 Å². The number of benzene rings is 2. The third-order valence-corrected chi connectivity index (χ3v) is 5.57. The van der Waals surface area contributed by atoms with E-state index in [0.717, 1.165) is 18.7 Å². The van der Waals surface area contributed by atoms with Gasteiger partial charge in [0.25, 0.3) is 11.7 Å². The third kappa shape index (κ3) is 4.24. The molecule has 0 saturated carbocycles. The first kappa shape index (κ1) is 21.6. The minimum atomic E-state index is -0.656. The summed E-state index contributed by atoms with van der Waals surface area (Å²) in [4.78, 5) is 29.7. The number of likely N-dealkylation sites (N-methyl/N-ethyl adjacent to an activating group) is 1. The van der Waals surface area contributed by atoms with Crippen LogP contribution in [0, 0.1) is 0 Å². The van der Waals surface area contributed by atoms with Crippen molar-refractivity contribution in [2.45, 2.75) is 19.9 Å². The molecule has 0 radical (unpaired) electrons. The number of rotatable bonds is 8. The van der Waals surface area contributed by atoms with Gasteiger partial charge in [0.05, 0.1) is 18.7 Å². The van der Waals surface area contributed by atoms with Gasteiger partial charge in [-0.3, -0.25) is 9.59 Å². The zero-order valence-electron chi connectivity index (χ0n) is 17.7. The molecule has 0 aromatic heterocycles. The number of likely N-dealkylation sites (tertiary alicyclic amines) is 1. The Morgan fingerprint density at radius 3 is 2.23 bits per heavy atom. The average molecular weight is 408 g/mol. The molecule has 1 atom stereocenters. The molecule has 1 heterocycles. The number of ether oxygens (including phenoxy) is 1. The Labute approximate surface area is 177 Å². The van der Waals surface area contributed by atoms with Crippen LogP contribution in [0.25, 0.3) is 5.76 Å². The van der Waals surface area contributed by atoms with Crippen molar-refractivity contribution in [2.24, 2.45) is 0 Å². The number of carbonyl (C=O) groups excluding carboxylic acids is 2.